The molecule has 0 atom stereocenters. The number of carbonyl (C=O) groups excluding carboxylic acids is 3. The van der Waals surface area contributed by atoms with E-state index in [0.717, 1.165) is 11.3 Å². The number of anilines is 1. The molecule has 3 N–H and O–H groups in total. The maximum atomic E-state index is 11.6. The van der Waals surface area contributed by atoms with Gasteiger partial charge in [0.1, 0.15) is 18.0 Å². The molecule has 1 heterocycles. The van der Waals surface area contributed by atoms with Gasteiger partial charge in [-0.05, 0) is 38.5 Å². The molecule has 0 saturated carbocycles. The molecule has 0 saturated heterocycles. The summed E-state index contributed by atoms with van der Waals surface area (Å²) in [6.07, 6.45) is -1.07. The van der Waals surface area contributed by atoms with Crippen molar-refractivity contribution in [1.29, 1.82) is 0 Å². The molecule has 0 spiro atoms. The van der Waals surface area contributed by atoms with E-state index < -0.39 is 17.8 Å². The molecular weight excluding hydrogens is 424 g/mol. The predicted molar refractivity (Wildman–Crippen MR) is 115 cm³/mol. The molecule has 11 heteroatoms. The molecule has 0 aliphatic rings. The number of amides is 3. The molecular formula is C20H26N4O6S. The Kier molecular flexibility index (Phi) is 8.62. The van der Waals surface area contributed by atoms with Gasteiger partial charge < -0.3 is 19.5 Å². The van der Waals surface area contributed by atoms with Gasteiger partial charge in [-0.3, -0.25) is 4.79 Å². The summed E-state index contributed by atoms with van der Waals surface area (Å²) in [6, 6.07) is 7.33. The minimum absolute atomic E-state index is 0.132. The van der Waals surface area contributed by atoms with Crippen molar-refractivity contribution in [2.24, 2.45) is 0 Å². The number of ether oxygens (including phenoxy) is 3. The second-order valence-corrected chi connectivity index (χ2v) is 8.25. The first-order valence-corrected chi connectivity index (χ1v) is 10.3. The number of rotatable bonds is 7. The van der Waals surface area contributed by atoms with Gasteiger partial charge in [0.2, 0.25) is 5.91 Å². The van der Waals surface area contributed by atoms with Gasteiger partial charge >= 0.3 is 12.2 Å². The van der Waals surface area contributed by atoms with Crippen molar-refractivity contribution in [3.8, 4) is 5.75 Å². The van der Waals surface area contributed by atoms with E-state index in [0.29, 0.717) is 17.3 Å². The van der Waals surface area contributed by atoms with Crippen molar-refractivity contribution in [2.75, 3.05) is 11.9 Å². The zero-order valence-electron chi connectivity index (χ0n) is 17.8. The zero-order valence-corrected chi connectivity index (χ0v) is 18.6. The van der Waals surface area contributed by atoms with Gasteiger partial charge in [-0.1, -0.05) is 12.1 Å². The lowest BCUT2D eigenvalue weighted by molar-refractivity contribution is -0.114. The molecule has 0 bridgehead atoms. The molecule has 0 aliphatic heterocycles. The standard InChI is InChI=1S/C20H26N4O6S/c1-13(25)21-17-22-15(12-31-17)11-29-16-7-5-14(6-8-16)9-10-28-18(26)23-24-19(27)30-20(2,3)4/h5-8,12H,9-11H2,1-4H3,(H,23,26)(H,24,27)(H,21,22,25). The lowest BCUT2D eigenvalue weighted by Gasteiger charge is -2.19. The number of aromatic nitrogens is 1. The molecule has 1 aromatic heterocycles. The summed E-state index contributed by atoms with van der Waals surface area (Å²) in [5, 5.41) is 4.98. The second kappa shape index (κ2) is 11.2. The van der Waals surface area contributed by atoms with Crippen molar-refractivity contribution in [3.05, 3.63) is 40.9 Å². The normalized spacial score (nSPS) is 10.7. The maximum Gasteiger partial charge on any atom is 0.426 e. The Bertz CT molecular complexity index is 892. The Balaban J connectivity index is 1.66. The van der Waals surface area contributed by atoms with Crippen LogP contribution in [-0.4, -0.2) is 35.3 Å². The number of nitrogens with zero attached hydrogens (tertiary/aromatic N) is 1. The van der Waals surface area contributed by atoms with Crippen LogP contribution in [0.1, 0.15) is 39.0 Å². The fourth-order valence-corrected chi connectivity index (χ4v) is 2.94. The van der Waals surface area contributed by atoms with Crippen LogP contribution in [0.2, 0.25) is 0 Å². The van der Waals surface area contributed by atoms with Crippen molar-refractivity contribution >= 4 is 34.6 Å². The summed E-state index contributed by atoms with van der Waals surface area (Å²) in [5.41, 5.74) is 5.22. The van der Waals surface area contributed by atoms with Crippen molar-refractivity contribution in [2.45, 2.75) is 46.3 Å². The Morgan fingerprint density at radius 2 is 1.74 bits per heavy atom. The van der Waals surface area contributed by atoms with E-state index >= 15 is 0 Å². The number of benzene rings is 1. The smallest absolute Gasteiger partial charge is 0.426 e. The van der Waals surface area contributed by atoms with Gasteiger partial charge in [-0.2, -0.15) is 0 Å². The van der Waals surface area contributed by atoms with Crippen LogP contribution >= 0.6 is 11.3 Å². The van der Waals surface area contributed by atoms with Gasteiger partial charge in [-0.15, -0.1) is 11.3 Å². The summed E-state index contributed by atoms with van der Waals surface area (Å²) in [5.74, 6) is 0.497. The van der Waals surface area contributed by atoms with Gasteiger partial charge in [0, 0.05) is 18.7 Å². The van der Waals surface area contributed by atoms with Crippen LogP contribution in [-0.2, 0) is 27.3 Å². The number of hydrogen-bond donors (Lipinski definition) is 3. The van der Waals surface area contributed by atoms with E-state index in [1.165, 1.54) is 18.3 Å². The molecule has 31 heavy (non-hydrogen) atoms. The fourth-order valence-electron chi connectivity index (χ4n) is 2.19. The number of hydrazine groups is 1. The lowest BCUT2D eigenvalue weighted by atomic mass is 10.1. The van der Waals surface area contributed by atoms with Crippen LogP contribution in [0.15, 0.2) is 29.6 Å². The highest BCUT2D eigenvalue weighted by Gasteiger charge is 2.16. The molecule has 0 fully saturated rings. The molecule has 0 radical (unpaired) electrons. The van der Waals surface area contributed by atoms with E-state index in [1.54, 1.807) is 32.9 Å². The third kappa shape index (κ3) is 9.81. The highest BCUT2D eigenvalue weighted by molar-refractivity contribution is 7.13. The fraction of sp³-hybridized carbons (Fsp3) is 0.400. The predicted octanol–water partition coefficient (Wildman–Crippen LogP) is 3.39. The third-order valence-corrected chi connectivity index (χ3v) is 4.24. The topological polar surface area (TPSA) is 128 Å². The van der Waals surface area contributed by atoms with Crippen molar-refractivity contribution in [1.82, 2.24) is 15.8 Å². The summed E-state index contributed by atoms with van der Waals surface area (Å²) < 4.78 is 15.7. The van der Waals surface area contributed by atoms with Crippen molar-refractivity contribution < 1.29 is 28.6 Å². The highest BCUT2D eigenvalue weighted by Crippen LogP contribution is 2.18. The Hall–Kier alpha value is -3.34. The molecule has 0 aliphatic carbocycles. The van der Waals surface area contributed by atoms with Gasteiger partial charge in [0.05, 0.1) is 12.3 Å². The van der Waals surface area contributed by atoms with E-state index in [4.69, 9.17) is 14.2 Å². The minimum atomic E-state index is -0.785. The maximum absolute atomic E-state index is 11.6. The first-order chi connectivity index (χ1) is 14.6. The Labute approximate surface area is 184 Å². The summed E-state index contributed by atoms with van der Waals surface area (Å²) in [4.78, 5) is 38.3. The van der Waals surface area contributed by atoms with Crippen LogP contribution in [0.25, 0.3) is 0 Å². The summed E-state index contributed by atoms with van der Waals surface area (Å²) in [7, 11) is 0. The average molecular weight is 451 g/mol. The molecule has 168 valence electrons. The van der Waals surface area contributed by atoms with Gasteiger partial charge in [-0.25, -0.2) is 25.4 Å². The number of nitrogens with one attached hydrogen (secondary N) is 3. The molecule has 10 nitrogen and oxygen atoms in total. The van der Waals surface area contributed by atoms with Crippen LogP contribution in [0.5, 0.6) is 5.75 Å². The van der Waals surface area contributed by atoms with Crippen LogP contribution in [0.3, 0.4) is 0 Å². The largest absolute Gasteiger partial charge is 0.487 e. The van der Waals surface area contributed by atoms with E-state index in [-0.39, 0.29) is 19.1 Å². The monoisotopic (exact) mass is 450 g/mol. The molecule has 2 aromatic rings. The minimum Gasteiger partial charge on any atom is -0.487 e. The third-order valence-electron chi connectivity index (χ3n) is 3.43. The quantitative estimate of drug-likeness (QED) is 0.552. The van der Waals surface area contributed by atoms with E-state index in [2.05, 4.69) is 21.2 Å². The van der Waals surface area contributed by atoms with Crippen LogP contribution in [0.4, 0.5) is 14.7 Å². The number of hydrogen-bond acceptors (Lipinski definition) is 8. The number of thiazole rings is 1. The van der Waals surface area contributed by atoms with Crippen LogP contribution in [0, 0.1) is 0 Å². The molecule has 2 rings (SSSR count). The lowest BCUT2D eigenvalue weighted by Crippen LogP contribution is -2.44. The molecule has 0 unspecified atom stereocenters. The highest BCUT2D eigenvalue weighted by atomic mass is 32.1. The molecule has 3 amide bonds. The zero-order chi connectivity index (χ0) is 22.9. The van der Waals surface area contributed by atoms with Crippen LogP contribution < -0.4 is 20.9 Å². The van der Waals surface area contributed by atoms with E-state index in [9.17, 15) is 14.4 Å². The number of carbonyl (C=O) groups is 3. The van der Waals surface area contributed by atoms with E-state index in [1.807, 2.05) is 17.5 Å². The first-order valence-electron chi connectivity index (χ1n) is 9.46. The Morgan fingerprint density at radius 3 is 2.39 bits per heavy atom. The second-order valence-electron chi connectivity index (χ2n) is 7.40. The van der Waals surface area contributed by atoms with Crippen molar-refractivity contribution in [3.63, 3.8) is 0 Å². The SMILES string of the molecule is CC(=O)Nc1nc(COc2ccc(CCOC(=O)NNC(=O)OC(C)(C)C)cc2)cs1. The average Bonchev–Trinajstić information content (AvgIpc) is 3.11. The van der Waals surface area contributed by atoms with Gasteiger partial charge in [0.15, 0.2) is 5.13 Å². The Morgan fingerprint density at radius 1 is 1.06 bits per heavy atom. The molecule has 1 aromatic carbocycles. The first kappa shape index (κ1) is 23.9. The van der Waals surface area contributed by atoms with Gasteiger partial charge in [0.25, 0.3) is 0 Å². The summed E-state index contributed by atoms with van der Waals surface area (Å²) >= 11 is 1.33. The summed E-state index contributed by atoms with van der Waals surface area (Å²) in [6.45, 7) is 6.98.